The third-order valence-electron chi connectivity index (χ3n) is 6.63. The molecule has 1 saturated heterocycles. The van der Waals surface area contributed by atoms with Crippen molar-refractivity contribution in [2.75, 3.05) is 23.3 Å². The number of aryl methyl sites for hydroxylation is 1. The third kappa shape index (κ3) is 4.67. The van der Waals surface area contributed by atoms with E-state index in [4.69, 9.17) is 0 Å². The molecule has 5 rings (SSSR count). The SMILES string of the molecule is Cc1cc(CN2Cc3c(ccnc3NC(=O)CC3CC3)C2=O)cnc1N1CCC(F)(F)CC1. The molecule has 4 heterocycles. The van der Waals surface area contributed by atoms with Crippen LogP contribution in [0, 0.1) is 12.8 Å². The van der Waals surface area contributed by atoms with Gasteiger partial charge in [-0.25, -0.2) is 18.7 Å². The molecule has 1 aliphatic carbocycles. The van der Waals surface area contributed by atoms with Gasteiger partial charge < -0.3 is 15.1 Å². The molecular weight excluding hydrogens is 428 g/mol. The standard InChI is InChI=1S/C24H27F2N5O2/c1-15-10-17(12-28-22(15)30-8-5-24(25,26)6-9-30)13-31-14-19-18(23(31)33)4-7-27-21(19)29-20(32)11-16-2-3-16/h4,7,10,12,16H,2-3,5-6,8-9,11,13-14H2,1H3,(H,27,29,32). The predicted molar refractivity (Wildman–Crippen MR) is 119 cm³/mol. The summed E-state index contributed by atoms with van der Waals surface area (Å²) in [5, 5.41) is 2.88. The monoisotopic (exact) mass is 455 g/mol. The second-order valence-electron chi connectivity index (χ2n) is 9.37. The smallest absolute Gasteiger partial charge is 0.255 e. The highest BCUT2D eigenvalue weighted by atomic mass is 19.3. The maximum Gasteiger partial charge on any atom is 0.255 e. The Hall–Kier alpha value is -3.10. The molecule has 33 heavy (non-hydrogen) atoms. The Kier molecular flexibility index (Phi) is 5.50. The van der Waals surface area contributed by atoms with Crippen molar-refractivity contribution in [3.8, 4) is 0 Å². The number of fused-ring (bicyclic) bond motifs is 1. The summed E-state index contributed by atoms with van der Waals surface area (Å²) in [4.78, 5) is 37.7. The molecule has 7 nitrogen and oxygen atoms in total. The van der Waals surface area contributed by atoms with Gasteiger partial charge in [-0.3, -0.25) is 9.59 Å². The maximum atomic E-state index is 13.5. The number of rotatable bonds is 6. The van der Waals surface area contributed by atoms with Crippen LogP contribution in [0.2, 0.25) is 0 Å². The van der Waals surface area contributed by atoms with Gasteiger partial charge in [0.05, 0.1) is 6.54 Å². The molecule has 2 aromatic heterocycles. The molecule has 2 fully saturated rings. The number of nitrogens with zero attached hydrogens (tertiary/aromatic N) is 4. The number of carbonyl (C=O) groups is 2. The van der Waals surface area contributed by atoms with Crippen molar-refractivity contribution in [2.45, 2.75) is 58.0 Å². The van der Waals surface area contributed by atoms with Crippen molar-refractivity contribution in [3.63, 3.8) is 0 Å². The quantitative estimate of drug-likeness (QED) is 0.715. The second kappa shape index (κ2) is 8.35. The van der Waals surface area contributed by atoms with E-state index in [-0.39, 0.29) is 37.7 Å². The zero-order valence-corrected chi connectivity index (χ0v) is 18.6. The first-order valence-electron chi connectivity index (χ1n) is 11.4. The molecule has 1 N–H and O–H groups in total. The van der Waals surface area contributed by atoms with Crippen LogP contribution in [0.3, 0.4) is 0 Å². The van der Waals surface area contributed by atoms with E-state index >= 15 is 0 Å². The van der Waals surface area contributed by atoms with Gasteiger partial charge in [0.1, 0.15) is 11.6 Å². The summed E-state index contributed by atoms with van der Waals surface area (Å²) in [6, 6.07) is 3.65. The first-order chi connectivity index (χ1) is 15.8. The lowest BCUT2D eigenvalue weighted by molar-refractivity contribution is -0.116. The van der Waals surface area contributed by atoms with Crippen LogP contribution in [0.5, 0.6) is 0 Å². The van der Waals surface area contributed by atoms with E-state index in [9.17, 15) is 18.4 Å². The fourth-order valence-electron chi connectivity index (χ4n) is 4.60. The molecule has 2 aromatic rings. The fourth-order valence-corrected chi connectivity index (χ4v) is 4.60. The minimum Gasteiger partial charge on any atom is -0.356 e. The van der Waals surface area contributed by atoms with Crippen LogP contribution in [0.15, 0.2) is 24.5 Å². The van der Waals surface area contributed by atoms with E-state index in [1.807, 2.05) is 17.9 Å². The molecule has 2 aliphatic heterocycles. The first kappa shape index (κ1) is 21.7. The van der Waals surface area contributed by atoms with Crippen molar-refractivity contribution in [2.24, 2.45) is 5.92 Å². The molecule has 0 radical (unpaired) electrons. The molecule has 0 bridgehead atoms. The fraction of sp³-hybridized carbons (Fsp3) is 0.500. The van der Waals surface area contributed by atoms with Crippen LogP contribution < -0.4 is 10.2 Å². The van der Waals surface area contributed by atoms with Crippen LogP contribution in [0.4, 0.5) is 20.4 Å². The van der Waals surface area contributed by atoms with Crippen molar-refractivity contribution in [1.82, 2.24) is 14.9 Å². The number of alkyl halides is 2. The van der Waals surface area contributed by atoms with Gasteiger partial charge in [-0.2, -0.15) is 0 Å². The number of piperidine rings is 1. The summed E-state index contributed by atoms with van der Waals surface area (Å²) in [7, 11) is 0. The Bertz CT molecular complexity index is 1090. The normalized spacial score (nSPS) is 19.5. The molecule has 0 atom stereocenters. The van der Waals surface area contributed by atoms with E-state index < -0.39 is 5.92 Å². The number of amides is 2. The minimum atomic E-state index is -2.60. The van der Waals surface area contributed by atoms with Crippen LogP contribution in [-0.4, -0.2) is 45.7 Å². The first-order valence-corrected chi connectivity index (χ1v) is 11.4. The molecular formula is C24H27F2N5O2. The van der Waals surface area contributed by atoms with Crippen LogP contribution in [0.25, 0.3) is 0 Å². The van der Waals surface area contributed by atoms with E-state index in [2.05, 4.69) is 15.3 Å². The van der Waals surface area contributed by atoms with Gasteiger partial charge in [-0.1, -0.05) is 0 Å². The van der Waals surface area contributed by atoms with Gasteiger partial charge in [-0.05, 0) is 48.9 Å². The van der Waals surface area contributed by atoms with E-state index in [0.29, 0.717) is 36.8 Å². The lowest BCUT2D eigenvalue weighted by Gasteiger charge is -2.33. The summed E-state index contributed by atoms with van der Waals surface area (Å²) in [6.45, 7) is 3.21. The number of hydrogen-bond acceptors (Lipinski definition) is 5. The van der Waals surface area contributed by atoms with Gasteiger partial charge in [0, 0.05) is 62.4 Å². The van der Waals surface area contributed by atoms with Crippen molar-refractivity contribution < 1.29 is 18.4 Å². The summed E-state index contributed by atoms with van der Waals surface area (Å²) in [5.74, 6) is -1.11. The Morgan fingerprint density at radius 2 is 2.00 bits per heavy atom. The number of aromatic nitrogens is 2. The van der Waals surface area contributed by atoms with Gasteiger partial charge >= 0.3 is 0 Å². The second-order valence-corrected chi connectivity index (χ2v) is 9.37. The van der Waals surface area contributed by atoms with E-state index in [0.717, 1.165) is 35.3 Å². The molecule has 0 unspecified atom stereocenters. The molecule has 3 aliphatic rings. The Morgan fingerprint density at radius 1 is 1.24 bits per heavy atom. The summed E-state index contributed by atoms with van der Waals surface area (Å²) < 4.78 is 27.0. The average molecular weight is 456 g/mol. The van der Waals surface area contributed by atoms with E-state index in [1.165, 1.54) is 0 Å². The summed E-state index contributed by atoms with van der Waals surface area (Å²) in [5.41, 5.74) is 3.06. The maximum absolute atomic E-state index is 13.5. The number of hydrogen-bond donors (Lipinski definition) is 1. The highest BCUT2D eigenvalue weighted by Crippen LogP contribution is 2.34. The third-order valence-corrected chi connectivity index (χ3v) is 6.63. The number of anilines is 2. The molecule has 174 valence electrons. The molecule has 2 amide bonds. The number of carbonyl (C=O) groups excluding carboxylic acids is 2. The van der Waals surface area contributed by atoms with Gasteiger partial charge in [0.15, 0.2) is 0 Å². The number of halogens is 2. The molecule has 0 aromatic carbocycles. The highest BCUT2D eigenvalue weighted by molar-refractivity contribution is 6.01. The average Bonchev–Trinajstić information content (AvgIpc) is 3.52. The van der Waals surface area contributed by atoms with Crippen molar-refractivity contribution in [3.05, 3.63) is 46.8 Å². The topological polar surface area (TPSA) is 78.4 Å². The minimum absolute atomic E-state index is 0.0600. The van der Waals surface area contributed by atoms with Crippen LogP contribution >= 0.6 is 0 Å². The van der Waals surface area contributed by atoms with Gasteiger partial charge in [0.25, 0.3) is 11.8 Å². The van der Waals surface area contributed by atoms with Gasteiger partial charge in [0.2, 0.25) is 5.91 Å². The lowest BCUT2D eigenvalue weighted by atomic mass is 10.1. The van der Waals surface area contributed by atoms with Crippen LogP contribution in [-0.2, 0) is 17.9 Å². The summed E-state index contributed by atoms with van der Waals surface area (Å²) in [6.07, 6.45) is 5.62. The zero-order chi connectivity index (χ0) is 23.2. The molecule has 1 saturated carbocycles. The predicted octanol–water partition coefficient (Wildman–Crippen LogP) is 3.92. The zero-order valence-electron chi connectivity index (χ0n) is 18.6. The Labute approximate surface area is 191 Å². The Morgan fingerprint density at radius 3 is 2.70 bits per heavy atom. The molecule has 9 heteroatoms. The van der Waals surface area contributed by atoms with Crippen molar-refractivity contribution >= 4 is 23.5 Å². The van der Waals surface area contributed by atoms with E-state index in [1.54, 1.807) is 23.4 Å². The number of nitrogens with one attached hydrogen (secondary N) is 1. The summed E-state index contributed by atoms with van der Waals surface area (Å²) >= 11 is 0. The Balaban J connectivity index is 1.26. The lowest BCUT2D eigenvalue weighted by Crippen LogP contribution is -2.40. The highest BCUT2D eigenvalue weighted by Gasteiger charge is 2.35. The molecule has 0 spiro atoms. The van der Waals surface area contributed by atoms with Crippen LogP contribution in [0.1, 0.15) is 59.2 Å². The van der Waals surface area contributed by atoms with Crippen molar-refractivity contribution in [1.29, 1.82) is 0 Å². The number of pyridine rings is 2. The van der Waals surface area contributed by atoms with Gasteiger partial charge in [-0.15, -0.1) is 0 Å². The largest absolute Gasteiger partial charge is 0.356 e.